The number of methoxy groups -OCH3 is 4. The molecule has 1 aliphatic rings. The standard InChI is InChI=1S/C50H34Br4N4O8/c1-63-46(59)31-13-5-27(6-14-31)41-42(28-7-15-32(16-8-28)47(60)64-2)57-50(56-41,38-24-22-36(52)26-40(38)54)58-44(30-11-19-34(20-12-30)49(62)66-4)43(29-9-17-33(18-10-29)48(61)65-3)55-45(58)37-23-21-35(51)25-39(37)53/h5-26H,1-4H3. The fraction of sp³-hybridized carbons (Fsp3) is 0.100. The topological polar surface area (TPSA) is 148 Å². The van der Waals surface area contributed by atoms with Crippen molar-refractivity contribution in [3.05, 3.63) is 190 Å². The molecular weight excluding hydrogens is 1100 g/mol. The van der Waals surface area contributed by atoms with Crippen LogP contribution in [-0.4, -0.2) is 73.3 Å². The molecule has 0 saturated carbocycles. The van der Waals surface area contributed by atoms with Crippen molar-refractivity contribution >= 4 is 99.0 Å². The molecule has 16 heteroatoms. The molecule has 1 aliphatic heterocycles. The number of halogens is 4. The third-order valence-electron chi connectivity index (χ3n) is 10.7. The number of imidazole rings is 1. The summed E-state index contributed by atoms with van der Waals surface area (Å²) < 4.78 is 25.0. The minimum absolute atomic E-state index is 0.324. The lowest BCUT2D eigenvalue weighted by molar-refractivity contribution is 0.0592. The van der Waals surface area contributed by atoms with Gasteiger partial charge in [0.2, 0.25) is 0 Å². The fourth-order valence-electron chi connectivity index (χ4n) is 7.52. The van der Waals surface area contributed by atoms with Gasteiger partial charge < -0.3 is 18.9 Å². The lowest BCUT2D eigenvalue weighted by Crippen LogP contribution is -2.32. The highest BCUT2D eigenvalue weighted by molar-refractivity contribution is 9.11. The van der Waals surface area contributed by atoms with Crippen LogP contribution in [0.2, 0.25) is 0 Å². The van der Waals surface area contributed by atoms with E-state index in [2.05, 4.69) is 63.7 Å². The highest BCUT2D eigenvalue weighted by Gasteiger charge is 2.46. The summed E-state index contributed by atoms with van der Waals surface area (Å²) in [7, 11) is 5.28. The predicted molar refractivity (Wildman–Crippen MR) is 264 cm³/mol. The van der Waals surface area contributed by atoms with Gasteiger partial charge in [-0.1, -0.05) is 102 Å². The van der Waals surface area contributed by atoms with E-state index >= 15 is 0 Å². The number of hydrogen-bond acceptors (Lipinski definition) is 11. The van der Waals surface area contributed by atoms with Crippen LogP contribution in [0.25, 0.3) is 33.9 Å². The normalized spacial score (nSPS) is 12.8. The van der Waals surface area contributed by atoms with E-state index in [1.54, 1.807) is 97.1 Å². The van der Waals surface area contributed by atoms with E-state index in [0.717, 1.165) is 8.95 Å². The highest BCUT2D eigenvalue weighted by atomic mass is 79.9. The number of carbonyl (C=O) groups excluding carboxylic acids is 4. The minimum Gasteiger partial charge on any atom is -0.465 e. The van der Waals surface area contributed by atoms with Gasteiger partial charge in [-0.05, 0) is 94.8 Å². The van der Waals surface area contributed by atoms with E-state index in [4.69, 9.17) is 33.9 Å². The van der Waals surface area contributed by atoms with Crippen LogP contribution < -0.4 is 0 Å². The van der Waals surface area contributed by atoms with Crippen LogP contribution in [0.1, 0.15) is 58.1 Å². The molecule has 66 heavy (non-hydrogen) atoms. The number of aromatic nitrogens is 2. The third kappa shape index (κ3) is 8.73. The molecule has 0 bridgehead atoms. The molecular formula is C50H34Br4N4O8. The number of ether oxygens (including phenoxy) is 4. The van der Waals surface area contributed by atoms with Crippen molar-refractivity contribution < 1.29 is 38.1 Å². The number of rotatable bonds is 11. The second-order valence-electron chi connectivity index (χ2n) is 14.5. The Kier molecular flexibility index (Phi) is 13.5. The molecule has 0 atom stereocenters. The van der Waals surface area contributed by atoms with Crippen LogP contribution in [0, 0.1) is 0 Å². The van der Waals surface area contributed by atoms with E-state index in [-0.39, 0.29) is 0 Å². The zero-order valence-corrected chi connectivity index (χ0v) is 41.6. The number of esters is 4. The molecule has 0 radical (unpaired) electrons. The Balaban J connectivity index is 1.56. The molecule has 0 fully saturated rings. The molecule has 0 aliphatic carbocycles. The lowest BCUT2D eigenvalue weighted by Gasteiger charge is -2.31. The summed E-state index contributed by atoms with van der Waals surface area (Å²) in [6.07, 6.45) is 0. The summed E-state index contributed by atoms with van der Waals surface area (Å²) in [6, 6.07) is 39.0. The van der Waals surface area contributed by atoms with Crippen LogP contribution >= 0.6 is 63.7 Å². The maximum atomic E-state index is 12.8. The Bertz CT molecular complexity index is 3050. The van der Waals surface area contributed by atoms with Crippen molar-refractivity contribution in [1.29, 1.82) is 0 Å². The zero-order chi connectivity index (χ0) is 46.9. The maximum Gasteiger partial charge on any atom is 0.337 e. The molecule has 1 aromatic heterocycles. The molecule has 0 N–H and O–H groups in total. The number of aliphatic imine (C=N–C) groups is 2. The minimum atomic E-state index is -1.73. The largest absolute Gasteiger partial charge is 0.465 e. The first-order valence-electron chi connectivity index (χ1n) is 19.8. The molecule has 0 saturated heterocycles. The van der Waals surface area contributed by atoms with Crippen LogP contribution in [0.4, 0.5) is 0 Å². The van der Waals surface area contributed by atoms with Gasteiger partial charge in [-0.25, -0.2) is 34.1 Å². The van der Waals surface area contributed by atoms with Gasteiger partial charge in [0.1, 0.15) is 5.82 Å². The summed E-state index contributed by atoms with van der Waals surface area (Å²) in [4.78, 5) is 67.6. The Morgan fingerprint density at radius 3 is 1.24 bits per heavy atom. The smallest absolute Gasteiger partial charge is 0.337 e. The highest BCUT2D eigenvalue weighted by Crippen LogP contribution is 2.49. The Hall–Kier alpha value is -6.33. The van der Waals surface area contributed by atoms with E-state index in [1.165, 1.54) is 28.4 Å². The fourth-order valence-corrected chi connectivity index (χ4v) is 10.1. The first-order chi connectivity index (χ1) is 31.8. The molecule has 330 valence electrons. The summed E-state index contributed by atoms with van der Waals surface area (Å²) >= 11 is 15.0. The van der Waals surface area contributed by atoms with Gasteiger partial charge in [-0.3, -0.25) is 4.57 Å². The Morgan fingerprint density at radius 2 is 0.848 bits per heavy atom. The average Bonchev–Trinajstić information content (AvgIpc) is 3.94. The van der Waals surface area contributed by atoms with Crippen molar-refractivity contribution in [2.75, 3.05) is 28.4 Å². The SMILES string of the molecule is COC(=O)c1ccc(C2=NC(c3ccc(Br)cc3Br)(n3c(-c4ccc(Br)cc4Br)nc(-c4ccc(C(=O)OC)cc4)c3-c3ccc(C(=O)OC)cc3)N=C2c2ccc(C(=O)OC)cc2)cc1. The quantitative estimate of drug-likeness (QED) is 0.0912. The first-order valence-corrected chi connectivity index (χ1v) is 23.0. The third-order valence-corrected chi connectivity index (χ3v) is 13.0. The van der Waals surface area contributed by atoms with E-state index in [0.29, 0.717) is 93.2 Å². The summed E-state index contributed by atoms with van der Waals surface area (Å²) in [5.41, 5.74) is 6.99. The zero-order valence-electron chi connectivity index (χ0n) is 35.3. The van der Waals surface area contributed by atoms with Gasteiger partial charge in [0.05, 0.1) is 73.5 Å². The predicted octanol–water partition coefficient (Wildman–Crippen LogP) is 11.7. The molecule has 0 amide bonds. The average molecular weight is 1140 g/mol. The van der Waals surface area contributed by atoms with Gasteiger partial charge in [0, 0.05) is 51.3 Å². The number of hydrogen-bond donors (Lipinski definition) is 0. The molecule has 2 heterocycles. The van der Waals surface area contributed by atoms with Crippen LogP contribution in [0.3, 0.4) is 0 Å². The maximum absolute atomic E-state index is 12.8. The van der Waals surface area contributed by atoms with Gasteiger partial charge in [0.15, 0.2) is 0 Å². The Morgan fingerprint density at radius 1 is 0.470 bits per heavy atom. The molecule has 6 aromatic carbocycles. The number of benzene rings is 6. The summed E-state index contributed by atoms with van der Waals surface area (Å²) in [5, 5.41) is 0. The molecule has 0 spiro atoms. The number of nitrogens with zero attached hydrogens (tertiary/aromatic N) is 4. The van der Waals surface area contributed by atoms with E-state index < -0.39 is 29.7 Å². The lowest BCUT2D eigenvalue weighted by atomic mass is 9.98. The molecule has 8 rings (SSSR count). The van der Waals surface area contributed by atoms with Crippen molar-refractivity contribution in [1.82, 2.24) is 9.55 Å². The Labute approximate surface area is 412 Å². The van der Waals surface area contributed by atoms with Gasteiger partial charge in [0.25, 0.3) is 5.79 Å². The monoisotopic (exact) mass is 1130 g/mol. The van der Waals surface area contributed by atoms with E-state index in [9.17, 15) is 19.2 Å². The van der Waals surface area contributed by atoms with Crippen LogP contribution in [-0.2, 0) is 24.7 Å². The molecule has 12 nitrogen and oxygen atoms in total. The summed E-state index contributed by atoms with van der Waals surface area (Å²) in [6.45, 7) is 0. The van der Waals surface area contributed by atoms with Crippen molar-refractivity contribution in [2.45, 2.75) is 5.79 Å². The first kappa shape index (κ1) is 46.2. The molecule has 0 unspecified atom stereocenters. The van der Waals surface area contributed by atoms with Gasteiger partial charge in [-0.2, -0.15) is 0 Å². The van der Waals surface area contributed by atoms with Gasteiger partial charge >= 0.3 is 23.9 Å². The second kappa shape index (κ2) is 19.3. The molecule has 7 aromatic rings. The van der Waals surface area contributed by atoms with Crippen molar-refractivity contribution in [3.8, 4) is 33.9 Å². The number of carbonyl (C=O) groups is 4. The summed E-state index contributed by atoms with van der Waals surface area (Å²) in [5.74, 6) is -3.33. The van der Waals surface area contributed by atoms with Crippen molar-refractivity contribution in [3.63, 3.8) is 0 Å². The van der Waals surface area contributed by atoms with Crippen LogP contribution in [0.15, 0.2) is 161 Å². The van der Waals surface area contributed by atoms with E-state index in [1.807, 2.05) is 41.0 Å². The van der Waals surface area contributed by atoms with Gasteiger partial charge in [-0.15, -0.1) is 0 Å². The van der Waals surface area contributed by atoms with Crippen LogP contribution in [0.5, 0.6) is 0 Å². The van der Waals surface area contributed by atoms with Crippen molar-refractivity contribution in [2.24, 2.45) is 9.98 Å². The second-order valence-corrected chi connectivity index (χ2v) is 18.1.